The van der Waals surface area contributed by atoms with E-state index in [-0.39, 0.29) is 11.8 Å². The molecule has 2 aromatic rings. The molecular weight excluding hydrogens is 365 g/mol. The molecule has 0 aliphatic rings. The molecule has 1 aromatic heterocycles. The van der Waals surface area contributed by atoms with Gasteiger partial charge < -0.3 is 9.84 Å². The fraction of sp³-hybridized carbons (Fsp3) is 0.154. The van der Waals surface area contributed by atoms with E-state index in [0.29, 0.717) is 18.1 Å². The van der Waals surface area contributed by atoms with Crippen LogP contribution in [0.2, 0.25) is 5.15 Å². The minimum Gasteiger partial charge on any atom is -0.485 e. The summed E-state index contributed by atoms with van der Waals surface area (Å²) < 4.78 is 6.51. The normalized spacial score (nSPS) is 10.4. The van der Waals surface area contributed by atoms with Gasteiger partial charge in [-0.25, -0.2) is 4.98 Å². The van der Waals surface area contributed by atoms with E-state index in [4.69, 9.17) is 21.4 Å². The first-order chi connectivity index (χ1) is 8.70. The Morgan fingerprint density at radius 3 is 2.61 bits per heavy atom. The number of aromatic nitrogens is 1. The Kier molecular flexibility index (Phi) is 4.79. The molecule has 0 amide bonds. The van der Waals surface area contributed by atoms with Crippen molar-refractivity contribution in [3.63, 3.8) is 0 Å². The maximum Gasteiger partial charge on any atom is 0.172 e. The van der Waals surface area contributed by atoms with Gasteiger partial charge in [0.25, 0.3) is 0 Å². The van der Waals surface area contributed by atoms with Crippen molar-refractivity contribution in [1.82, 2.24) is 4.98 Å². The summed E-state index contributed by atoms with van der Waals surface area (Å²) in [7, 11) is 0. The minimum atomic E-state index is -0.130. The number of nitrogens with zero attached hydrogens (tertiary/aromatic N) is 1. The lowest BCUT2D eigenvalue weighted by atomic mass is 10.2. The summed E-state index contributed by atoms with van der Waals surface area (Å²) in [6, 6.07) is 11.6. The van der Waals surface area contributed by atoms with Crippen molar-refractivity contribution in [1.29, 1.82) is 0 Å². The van der Waals surface area contributed by atoms with Gasteiger partial charge in [0.15, 0.2) is 10.9 Å². The average molecular weight is 376 g/mol. The van der Waals surface area contributed by atoms with Gasteiger partial charge in [-0.05, 0) is 34.2 Å². The molecular formula is C13H11ClINO2. The zero-order valence-electron chi connectivity index (χ0n) is 9.44. The van der Waals surface area contributed by atoms with Crippen molar-refractivity contribution >= 4 is 34.2 Å². The maximum atomic E-state index is 9.02. The lowest BCUT2D eigenvalue weighted by Gasteiger charge is -2.10. The predicted octanol–water partition coefficient (Wildman–Crippen LogP) is 3.41. The van der Waals surface area contributed by atoms with Gasteiger partial charge in [-0.1, -0.05) is 41.9 Å². The van der Waals surface area contributed by atoms with Crippen molar-refractivity contribution in [3.8, 4) is 5.75 Å². The Labute approximate surface area is 124 Å². The highest BCUT2D eigenvalue weighted by molar-refractivity contribution is 14.1. The molecule has 2 rings (SSSR count). The molecule has 0 bridgehead atoms. The third-order valence-corrected chi connectivity index (χ3v) is 3.38. The highest BCUT2D eigenvalue weighted by Crippen LogP contribution is 2.29. The molecule has 94 valence electrons. The van der Waals surface area contributed by atoms with E-state index in [1.165, 1.54) is 0 Å². The molecule has 0 aliphatic heterocycles. The van der Waals surface area contributed by atoms with Gasteiger partial charge in [0, 0.05) is 0 Å². The summed E-state index contributed by atoms with van der Waals surface area (Å²) in [6.45, 7) is 0.311. The first-order valence-corrected chi connectivity index (χ1v) is 6.79. The second-order valence-electron chi connectivity index (χ2n) is 3.65. The van der Waals surface area contributed by atoms with Crippen LogP contribution in [-0.4, -0.2) is 10.1 Å². The topological polar surface area (TPSA) is 42.4 Å². The van der Waals surface area contributed by atoms with Crippen LogP contribution in [0.4, 0.5) is 0 Å². The molecule has 0 saturated heterocycles. The number of rotatable bonds is 4. The van der Waals surface area contributed by atoms with Gasteiger partial charge in [0.1, 0.15) is 6.61 Å². The number of ether oxygens (including phenoxy) is 1. The number of benzene rings is 1. The van der Waals surface area contributed by atoms with Crippen LogP contribution in [0, 0.1) is 3.57 Å². The first kappa shape index (κ1) is 13.6. The van der Waals surface area contributed by atoms with Gasteiger partial charge in [-0.2, -0.15) is 0 Å². The quantitative estimate of drug-likeness (QED) is 0.658. The van der Waals surface area contributed by atoms with Gasteiger partial charge in [0.05, 0.1) is 15.9 Å². The van der Waals surface area contributed by atoms with Gasteiger partial charge in [-0.15, -0.1) is 0 Å². The summed E-state index contributed by atoms with van der Waals surface area (Å²) in [6.07, 6.45) is 0. The van der Waals surface area contributed by atoms with E-state index < -0.39 is 0 Å². The fourth-order valence-electron chi connectivity index (χ4n) is 1.46. The monoisotopic (exact) mass is 375 g/mol. The Bertz CT molecular complexity index is 511. The SMILES string of the molecule is OCc1cc(I)c(OCc2ccccc2)c(Cl)n1. The van der Waals surface area contributed by atoms with Crippen molar-refractivity contribution in [2.75, 3.05) is 0 Å². The van der Waals surface area contributed by atoms with Crippen LogP contribution in [0.1, 0.15) is 11.3 Å². The zero-order chi connectivity index (χ0) is 13.0. The van der Waals surface area contributed by atoms with Crippen LogP contribution in [0.5, 0.6) is 5.75 Å². The molecule has 18 heavy (non-hydrogen) atoms. The molecule has 0 saturated carbocycles. The lowest BCUT2D eigenvalue weighted by Crippen LogP contribution is -2.00. The Morgan fingerprint density at radius 1 is 1.28 bits per heavy atom. The van der Waals surface area contributed by atoms with Crippen LogP contribution >= 0.6 is 34.2 Å². The number of hydrogen-bond acceptors (Lipinski definition) is 3. The van der Waals surface area contributed by atoms with Crippen LogP contribution in [0.25, 0.3) is 0 Å². The summed E-state index contributed by atoms with van der Waals surface area (Å²) in [4.78, 5) is 4.05. The molecule has 0 unspecified atom stereocenters. The van der Waals surface area contributed by atoms with E-state index in [9.17, 15) is 0 Å². The second-order valence-corrected chi connectivity index (χ2v) is 5.17. The first-order valence-electron chi connectivity index (χ1n) is 5.33. The van der Waals surface area contributed by atoms with Crippen molar-refractivity contribution in [3.05, 3.63) is 56.4 Å². The van der Waals surface area contributed by atoms with Crippen molar-refractivity contribution < 1.29 is 9.84 Å². The standard InChI is InChI=1S/C13H11ClINO2/c14-13-12(11(15)6-10(7-17)16-13)18-8-9-4-2-1-3-5-9/h1-6,17H,7-8H2. The molecule has 0 spiro atoms. The van der Waals surface area contributed by atoms with Crippen molar-refractivity contribution in [2.45, 2.75) is 13.2 Å². The molecule has 3 nitrogen and oxygen atoms in total. The molecule has 0 fully saturated rings. The average Bonchev–Trinajstić information content (AvgIpc) is 2.38. The van der Waals surface area contributed by atoms with Gasteiger partial charge in [0.2, 0.25) is 0 Å². The summed E-state index contributed by atoms with van der Waals surface area (Å²) >= 11 is 8.14. The fourth-order valence-corrected chi connectivity index (χ4v) is 2.65. The van der Waals surface area contributed by atoms with E-state index in [1.54, 1.807) is 6.07 Å². The third kappa shape index (κ3) is 3.34. The molecule has 0 radical (unpaired) electrons. The second kappa shape index (κ2) is 6.36. The predicted molar refractivity (Wildman–Crippen MR) is 78.7 cm³/mol. The van der Waals surface area contributed by atoms with E-state index in [0.717, 1.165) is 9.13 Å². The number of aliphatic hydroxyl groups is 1. The van der Waals surface area contributed by atoms with Crippen LogP contribution in [0.15, 0.2) is 36.4 Å². The van der Waals surface area contributed by atoms with Crippen LogP contribution in [0.3, 0.4) is 0 Å². The van der Waals surface area contributed by atoms with Crippen LogP contribution in [-0.2, 0) is 13.2 Å². The van der Waals surface area contributed by atoms with Crippen molar-refractivity contribution in [2.24, 2.45) is 0 Å². The summed E-state index contributed by atoms with van der Waals surface area (Å²) in [5.41, 5.74) is 1.60. The number of halogens is 2. The zero-order valence-corrected chi connectivity index (χ0v) is 12.4. The van der Waals surface area contributed by atoms with E-state index in [1.807, 2.05) is 30.3 Å². The minimum absolute atomic E-state index is 0.130. The van der Waals surface area contributed by atoms with E-state index in [2.05, 4.69) is 27.6 Å². The number of pyridine rings is 1. The largest absolute Gasteiger partial charge is 0.485 e. The number of hydrogen-bond donors (Lipinski definition) is 1. The number of aliphatic hydroxyl groups excluding tert-OH is 1. The molecule has 0 atom stereocenters. The molecule has 1 N–H and O–H groups in total. The third-order valence-electron chi connectivity index (χ3n) is 2.33. The molecule has 1 aromatic carbocycles. The highest BCUT2D eigenvalue weighted by Gasteiger charge is 2.10. The Hall–Kier alpha value is -0.850. The van der Waals surface area contributed by atoms with Crippen LogP contribution < -0.4 is 4.74 Å². The lowest BCUT2D eigenvalue weighted by molar-refractivity contribution is 0.274. The Morgan fingerprint density at radius 2 is 2.00 bits per heavy atom. The summed E-state index contributed by atoms with van der Waals surface area (Å²) in [5, 5.41) is 9.30. The van der Waals surface area contributed by atoms with Gasteiger partial charge >= 0.3 is 0 Å². The van der Waals surface area contributed by atoms with E-state index >= 15 is 0 Å². The smallest absolute Gasteiger partial charge is 0.172 e. The summed E-state index contributed by atoms with van der Waals surface area (Å²) in [5.74, 6) is 0.554. The molecule has 0 aliphatic carbocycles. The molecule has 5 heteroatoms. The maximum absolute atomic E-state index is 9.02. The molecule has 1 heterocycles. The highest BCUT2D eigenvalue weighted by atomic mass is 127. The van der Waals surface area contributed by atoms with Gasteiger partial charge in [-0.3, -0.25) is 0 Å². The Balaban J connectivity index is 2.15.